The first-order valence-electron chi connectivity index (χ1n) is 7.42. The average molecular weight is 392 g/mol. The van der Waals surface area contributed by atoms with Gasteiger partial charge in [0.15, 0.2) is 5.88 Å². The summed E-state index contributed by atoms with van der Waals surface area (Å²) in [7, 11) is 3.66. The molecule has 3 rings (SSSR count). The summed E-state index contributed by atoms with van der Waals surface area (Å²) >= 11 is 6.70. The lowest BCUT2D eigenvalue weighted by molar-refractivity contribution is -0.131. The number of rotatable bonds is 6. The molecule has 0 aliphatic heterocycles. The molecule has 1 aromatic carbocycles. The maximum atomic E-state index is 11.5. The SMILES string of the molecule is CN(C)c1ccc(/C=C(\Sc2nnc(-c3ccc(Cl)cc3)o2)C(=O)O)o1. The topological polar surface area (TPSA) is 92.6 Å². The Morgan fingerprint density at radius 3 is 2.50 bits per heavy atom. The Labute approximate surface area is 158 Å². The number of thioether (sulfide) groups is 1. The predicted octanol–water partition coefficient (Wildman–Crippen LogP) is 4.27. The van der Waals surface area contributed by atoms with E-state index in [9.17, 15) is 9.90 Å². The van der Waals surface area contributed by atoms with Gasteiger partial charge in [0.25, 0.3) is 5.22 Å². The number of furan rings is 1. The van der Waals surface area contributed by atoms with Crippen molar-refractivity contribution in [2.24, 2.45) is 0 Å². The largest absolute Gasteiger partial charge is 0.477 e. The van der Waals surface area contributed by atoms with Crippen molar-refractivity contribution in [1.82, 2.24) is 10.2 Å². The maximum absolute atomic E-state index is 11.5. The lowest BCUT2D eigenvalue weighted by Gasteiger charge is -2.06. The van der Waals surface area contributed by atoms with Crippen molar-refractivity contribution in [1.29, 1.82) is 0 Å². The van der Waals surface area contributed by atoms with Crippen LogP contribution < -0.4 is 4.90 Å². The third kappa shape index (κ3) is 4.27. The average Bonchev–Trinajstić information content (AvgIpc) is 3.24. The molecule has 1 N–H and O–H groups in total. The van der Waals surface area contributed by atoms with Crippen LogP contribution in [0.5, 0.6) is 0 Å². The van der Waals surface area contributed by atoms with Crippen LogP contribution in [-0.2, 0) is 4.79 Å². The summed E-state index contributed by atoms with van der Waals surface area (Å²) in [5.41, 5.74) is 0.691. The molecule has 0 atom stereocenters. The van der Waals surface area contributed by atoms with Gasteiger partial charge >= 0.3 is 5.97 Å². The van der Waals surface area contributed by atoms with Crippen LogP contribution in [0.4, 0.5) is 5.88 Å². The highest BCUT2D eigenvalue weighted by Crippen LogP contribution is 2.31. The van der Waals surface area contributed by atoms with Gasteiger partial charge in [-0.2, -0.15) is 0 Å². The van der Waals surface area contributed by atoms with Crippen LogP contribution in [0.25, 0.3) is 17.5 Å². The number of benzene rings is 1. The summed E-state index contributed by atoms with van der Waals surface area (Å²) < 4.78 is 11.1. The van der Waals surface area contributed by atoms with Gasteiger partial charge in [0.2, 0.25) is 5.89 Å². The highest BCUT2D eigenvalue weighted by atomic mass is 35.5. The first-order chi connectivity index (χ1) is 12.4. The molecule has 0 spiro atoms. The minimum absolute atomic E-state index is 0.00374. The van der Waals surface area contributed by atoms with Crippen LogP contribution in [0, 0.1) is 0 Å². The van der Waals surface area contributed by atoms with Crippen LogP contribution in [0.15, 0.2) is 55.4 Å². The summed E-state index contributed by atoms with van der Waals surface area (Å²) in [5, 5.41) is 17.9. The molecule has 0 saturated heterocycles. The second-order valence-corrected chi connectivity index (χ2v) is 6.80. The molecule has 0 radical (unpaired) electrons. The smallest absolute Gasteiger partial charge is 0.342 e. The summed E-state index contributed by atoms with van der Waals surface area (Å²) in [4.78, 5) is 13.3. The van der Waals surface area contributed by atoms with Crippen molar-refractivity contribution < 1.29 is 18.7 Å². The van der Waals surface area contributed by atoms with Crippen molar-refractivity contribution >= 4 is 41.3 Å². The summed E-state index contributed by atoms with van der Waals surface area (Å²) in [6.45, 7) is 0. The van der Waals surface area contributed by atoms with Gasteiger partial charge < -0.3 is 18.8 Å². The summed E-state index contributed by atoms with van der Waals surface area (Å²) in [5.74, 6) is 0.190. The van der Waals surface area contributed by atoms with Gasteiger partial charge in [0.05, 0.1) is 0 Å². The zero-order valence-electron chi connectivity index (χ0n) is 13.8. The molecular weight excluding hydrogens is 378 g/mol. The highest BCUT2D eigenvalue weighted by Gasteiger charge is 2.17. The van der Waals surface area contributed by atoms with Crippen LogP contribution in [-0.4, -0.2) is 35.4 Å². The molecule has 26 heavy (non-hydrogen) atoms. The number of nitrogens with zero attached hydrogens (tertiary/aromatic N) is 3. The van der Waals surface area contributed by atoms with Crippen LogP contribution in [0.1, 0.15) is 5.76 Å². The van der Waals surface area contributed by atoms with Gasteiger partial charge in [-0.25, -0.2) is 4.79 Å². The van der Waals surface area contributed by atoms with Crippen molar-refractivity contribution in [2.45, 2.75) is 5.22 Å². The number of carboxylic acids is 1. The second-order valence-electron chi connectivity index (χ2n) is 5.37. The number of hydrogen-bond acceptors (Lipinski definition) is 7. The monoisotopic (exact) mass is 391 g/mol. The normalized spacial score (nSPS) is 11.6. The number of carboxylic acid groups (broad SMARTS) is 1. The van der Waals surface area contributed by atoms with Gasteiger partial charge in [-0.05, 0) is 42.1 Å². The molecule has 3 aromatic rings. The van der Waals surface area contributed by atoms with Gasteiger partial charge in [-0.15, -0.1) is 10.2 Å². The van der Waals surface area contributed by atoms with Gasteiger partial charge in [-0.3, -0.25) is 0 Å². The molecule has 0 fully saturated rings. The highest BCUT2D eigenvalue weighted by molar-refractivity contribution is 8.03. The van der Waals surface area contributed by atoms with E-state index in [1.54, 1.807) is 41.3 Å². The Morgan fingerprint density at radius 1 is 1.15 bits per heavy atom. The Bertz CT molecular complexity index is 947. The van der Waals surface area contributed by atoms with Crippen molar-refractivity contribution in [3.8, 4) is 11.5 Å². The zero-order valence-corrected chi connectivity index (χ0v) is 15.4. The molecule has 0 amide bonds. The van der Waals surface area contributed by atoms with Crippen molar-refractivity contribution in [3.63, 3.8) is 0 Å². The molecule has 0 bridgehead atoms. The Morgan fingerprint density at radius 2 is 1.88 bits per heavy atom. The molecule has 0 aliphatic rings. The lowest BCUT2D eigenvalue weighted by atomic mass is 10.2. The van der Waals surface area contributed by atoms with E-state index < -0.39 is 5.97 Å². The number of halogens is 1. The van der Waals surface area contributed by atoms with E-state index in [1.807, 2.05) is 14.1 Å². The van der Waals surface area contributed by atoms with Crippen LogP contribution in [0.2, 0.25) is 5.02 Å². The molecule has 134 valence electrons. The Kier molecular flexibility index (Phi) is 5.34. The van der Waals surface area contributed by atoms with Gasteiger partial charge in [0, 0.05) is 36.8 Å². The van der Waals surface area contributed by atoms with E-state index >= 15 is 0 Å². The van der Waals surface area contributed by atoms with E-state index in [1.165, 1.54) is 6.08 Å². The van der Waals surface area contributed by atoms with E-state index in [-0.39, 0.29) is 16.0 Å². The number of aliphatic carboxylic acids is 1. The van der Waals surface area contributed by atoms with E-state index in [0.717, 1.165) is 11.8 Å². The quantitative estimate of drug-likeness (QED) is 0.492. The fourth-order valence-corrected chi connectivity index (χ4v) is 2.76. The first kappa shape index (κ1) is 18.1. The minimum Gasteiger partial charge on any atom is -0.477 e. The van der Waals surface area contributed by atoms with E-state index in [4.69, 9.17) is 20.4 Å². The number of anilines is 1. The molecule has 9 heteroatoms. The fourth-order valence-electron chi connectivity index (χ4n) is 1.98. The standard InChI is InChI=1S/C17H14ClN3O4S/c1-21(2)14-8-7-12(24-14)9-13(16(22)23)26-17-20-19-15(25-17)10-3-5-11(18)6-4-10/h3-9H,1-2H3,(H,22,23)/b13-9-. The molecule has 2 heterocycles. The van der Waals surface area contributed by atoms with Crippen LogP contribution in [0.3, 0.4) is 0 Å². The van der Waals surface area contributed by atoms with E-state index in [0.29, 0.717) is 22.2 Å². The van der Waals surface area contributed by atoms with E-state index in [2.05, 4.69) is 10.2 Å². The number of hydrogen-bond donors (Lipinski definition) is 1. The summed E-state index contributed by atoms with van der Waals surface area (Å²) in [6, 6.07) is 10.3. The third-order valence-electron chi connectivity index (χ3n) is 3.23. The van der Waals surface area contributed by atoms with Gasteiger partial charge in [0.1, 0.15) is 10.7 Å². The second kappa shape index (κ2) is 7.67. The molecule has 7 nitrogen and oxygen atoms in total. The third-order valence-corrected chi connectivity index (χ3v) is 4.34. The van der Waals surface area contributed by atoms with Crippen LogP contribution >= 0.6 is 23.4 Å². The van der Waals surface area contributed by atoms with Gasteiger partial charge in [-0.1, -0.05) is 11.6 Å². The zero-order chi connectivity index (χ0) is 18.7. The first-order valence-corrected chi connectivity index (χ1v) is 8.61. The number of carbonyl (C=O) groups is 1. The predicted molar refractivity (Wildman–Crippen MR) is 99.2 cm³/mol. The lowest BCUT2D eigenvalue weighted by Crippen LogP contribution is -2.06. The minimum atomic E-state index is -1.12. The summed E-state index contributed by atoms with van der Waals surface area (Å²) in [6.07, 6.45) is 1.41. The molecule has 0 unspecified atom stereocenters. The van der Waals surface area contributed by atoms with Crippen molar-refractivity contribution in [2.75, 3.05) is 19.0 Å². The Hall–Kier alpha value is -2.71. The maximum Gasteiger partial charge on any atom is 0.342 e. The number of aromatic nitrogens is 2. The van der Waals surface area contributed by atoms with Crippen molar-refractivity contribution in [3.05, 3.63) is 52.1 Å². The molecular formula is C17H14ClN3O4S. The fraction of sp³-hybridized carbons (Fsp3) is 0.118. The Balaban J connectivity index is 1.81. The molecule has 0 saturated carbocycles. The molecule has 2 aromatic heterocycles. The molecule has 0 aliphatic carbocycles.